The zero-order valence-corrected chi connectivity index (χ0v) is 32.4. The second kappa shape index (κ2) is 16.7. The van der Waals surface area contributed by atoms with Crippen LogP contribution in [-0.4, -0.2) is 78.9 Å². The summed E-state index contributed by atoms with van der Waals surface area (Å²) in [7, 11) is 1.20. The highest BCUT2D eigenvalue weighted by Crippen LogP contribution is 2.66. The van der Waals surface area contributed by atoms with Crippen LogP contribution in [0.4, 0.5) is 10.5 Å². The van der Waals surface area contributed by atoms with Crippen LogP contribution in [0.5, 0.6) is 5.75 Å². The number of carbonyl (C=O) groups is 5. The number of esters is 3. The van der Waals surface area contributed by atoms with Crippen LogP contribution in [-0.2, 0) is 38.8 Å². The van der Waals surface area contributed by atoms with Crippen LogP contribution in [0.3, 0.4) is 0 Å². The highest BCUT2D eigenvalue weighted by atomic mass is 16.6. The molecule has 2 saturated heterocycles. The van der Waals surface area contributed by atoms with E-state index in [1.165, 1.54) is 13.2 Å². The normalized spacial score (nSPS) is 24.1. The summed E-state index contributed by atoms with van der Waals surface area (Å²) >= 11 is 0. The Morgan fingerprint density at radius 3 is 2.19 bits per heavy atom. The Kier molecular flexibility index (Phi) is 11.5. The molecule has 7 rings (SSSR count). The van der Waals surface area contributed by atoms with E-state index < -0.39 is 77.4 Å². The molecule has 0 aliphatic carbocycles. The number of aliphatic hydroxyl groups excluding tert-OH is 1. The van der Waals surface area contributed by atoms with Gasteiger partial charge in [0.2, 0.25) is 5.91 Å². The summed E-state index contributed by atoms with van der Waals surface area (Å²) in [5, 5.41) is 12.6. The Labute approximate surface area is 336 Å². The van der Waals surface area contributed by atoms with Gasteiger partial charge >= 0.3 is 23.9 Å². The number of aliphatic hydroxyl groups is 1. The summed E-state index contributed by atoms with van der Waals surface area (Å²) in [6, 6.07) is 26.5. The van der Waals surface area contributed by atoms with E-state index in [-0.39, 0.29) is 36.8 Å². The summed E-state index contributed by atoms with van der Waals surface area (Å²) in [5.74, 6) is -4.99. The second-order valence-corrected chi connectivity index (χ2v) is 14.6. The second-order valence-electron chi connectivity index (χ2n) is 14.6. The average Bonchev–Trinajstić information content (AvgIpc) is 3.70. The molecule has 13 nitrogen and oxygen atoms in total. The first kappa shape index (κ1) is 39.9. The number of imide groups is 1. The Morgan fingerprint density at radius 2 is 1.53 bits per heavy atom. The minimum absolute atomic E-state index is 0.106. The van der Waals surface area contributed by atoms with Crippen molar-refractivity contribution in [2.24, 2.45) is 11.8 Å². The molecule has 3 heterocycles. The maximum atomic E-state index is 16.0. The third-order valence-corrected chi connectivity index (χ3v) is 11.1. The van der Waals surface area contributed by atoms with Gasteiger partial charge in [-0.05, 0) is 34.7 Å². The van der Waals surface area contributed by atoms with Gasteiger partial charge in [-0.2, -0.15) is 0 Å². The number of benzene rings is 4. The molecule has 0 aromatic heterocycles. The molecule has 2 N–H and O–H groups in total. The van der Waals surface area contributed by atoms with Crippen molar-refractivity contribution in [3.05, 3.63) is 144 Å². The predicted octanol–water partition coefficient (Wildman–Crippen LogP) is 5.36. The molecular weight excluding hydrogens is 743 g/mol. The fourth-order valence-electron chi connectivity index (χ4n) is 8.85. The van der Waals surface area contributed by atoms with Gasteiger partial charge in [0, 0.05) is 5.56 Å². The molecule has 3 amide bonds. The maximum absolute atomic E-state index is 16.0. The van der Waals surface area contributed by atoms with Crippen LogP contribution >= 0.6 is 0 Å². The molecule has 7 unspecified atom stereocenters. The van der Waals surface area contributed by atoms with Crippen molar-refractivity contribution >= 4 is 35.5 Å². The number of ether oxygens (including phenoxy) is 4. The molecule has 0 saturated carbocycles. The summed E-state index contributed by atoms with van der Waals surface area (Å²) in [6.45, 7) is 6.49. The van der Waals surface area contributed by atoms with Crippen LogP contribution < -0.4 is 15.0 Å². The first-order valence-electron chi connectivity index (χ1n) is 19.1. The Balaban J connectivity index is 1.56. The Bertz CT molecular complexity index is 2200. The van der Waals surface area contributed by atoms with Gasteiger partial charge in [-0.1, -0.05) is 124 Å². The van der Waals surface area contributed by atoms with Crippen molar-refractivity contribution in [3.63, 3.8) is 0 Å². The lowest BCUT2D eigenvalue weighted by molar-refractivity contribution is -0.180. The number of hydrogen-bond donors (Lipinski definition) is 2. The lowest BCUT2D eigenvalue weighted by atomic mass is 9.65. The van der Waals surface area contributed by atoms with E-state index in [1.807, 2.05) is 65.6 Å². The molecule has 1 spiro atoms. The lowest BCUT2D eigenvalue weighted by Crippen LogP contribution is -2.56. The molecular formula is C45H45N3O10. The van der Waals surface area contributed by atoms with Crippen molar-refractivity contribution in [2.45, 2.75) is 49.5 Å². The van der Waals surface area contributed by atoms with Crippen molar-refractivity contribution in [1.82, 2.24) is 10.2 Å². The zero-order valence-electron chi connectivity index (χ0n) is 32.4. The Hall–Kier alpha value is -6.31. The van der Waals surface area contributed by atoms with Crippen LogP contribution in [0.1, 0.15) is 54.3 Å². The van der Waals surface area contributed by atoms with E-state index in [0.717, 1.165) is 4.90 Å². The number of nitrogens with one attached hydrogen (secondary N) is 1. The minimum atomic E-state index is -2.06. The molecule has 13 heteroatoms. The molecule has 0 radical (unpaired) electrons. The molecule has 0 bridgehead atoms. The van der Waals surface area contributed by atoms with Crippen molar-refractivity contribution < 1.29 is 48.0 Å². The fraction of sp³-hybridized carbons (Fsp3) is 0.311. The number of hydrogen-bond acceptors (Lipinski definition) is 11. The number of cyclic esters (lactones) is 1. The van der Waals surface area contributed by atoms with E-state index in [2.05, 4.69) is 11.9 Å². The minimum Gasteiger partial charge on any atom is -0.491 e. The smallest absolute Gasteiger partial charge is 0.329 e. The number of fused-ring (bicyclic) bond motifs is 3. The number of morpholine rings is 1. The molecule has 58 heavy (non-hydrogen) atoms. The zero-order chi connectivity index (χ0) is 41.1. The monoisotopic (exact) mass is 787 g/mol. The first-order chi connectivity index (χ1) is 28.1. The van der Waals surface area contributed by atoms with E-state index in [1.54, 1.807) is 62.4 Å². The molecule has 2 fully saturated rings. The molecule has 7 atom stereocenters. The number of nitrogens with zero attached hydrogens (tertiary/aromatic N) is 2. The number of carbonyl (C=O) groups excluding carboxylic acids is 5. The third-order valence-electron chi connectivity index (χ3n) is 11.1. The highest BCUT2D eigenvalue weighted by Gasteiger charge is 2.76. The number of amides is 3. The van der Waals surface area contributed by atoms with E-state index >= 15 is 4.79 Å². The molecule has 3 aliphatic rings. The van der Waals surface area contributed by atoms with Gasteiger partial charge in [0.05, 0.1) is 31.5 Å². The topological polar surface area (TPSA) is 161 Å². The largest absolute Gasteiger partial charge is 0.491 e. The van der Waals surface area contributed by atoms with E-state index in [0.29, 0.717) is 16.7 Å². The summed E-state index contributed by atoms with van der Waals surface area (Å²) < 4.78 is 23.4. The predicted molar refractivity (Wildman–Crippen MR) is 211 cm³/mol. The molecule has 4 aromatic carbocycles. The van der Waals surface area contributed by atoms with E-state index in [9.17, 15) is 24.3 Å². The fourth-order valence-corrected chi connectivity index (χ4v) is 8.85. The molecule has 300 valence electrons. The SMILES string of the molecule is C=CCOC(=O)C1C2C(=O)OC(c3ccccc3)C(c3ccccc3)N2C(c2ccccc2OCCO)C12C(=O)N(C(=O)NC(C(=O)OC)C(C)C)c1ccccc12. The van der Waals surface area contributed by atoms with Crippen molar-refractivity contribution in [3.8, 4) is 5.75 Å². The van der Waals surface area contributed by atoms with Crippen LogP contribution in [0.25, 0.3) is 0 Å². The van der Waals surface area contributed by atoms with Gasteiger partial charge in [-0.3, -0.25) is 19.3 Å². The van der Waals surface area contributed by atoms with Gasteiger partial charge in [-0.25, -0.2) is 14.5 Å². The van der Waals surface area contributed by atoms with E-state index in [4.69, 9.17) is 18.9 Å². The molecule has 3 aliphatic heterocycles. The third kappa shape index (κ3) is 6.59. The van der Waals surface area contributed by atoms with Gasteiger partial charge < -0.3 is 29.4 Å². The van der Waals surface area contributed by atoms with Crippen LogP contribution in [0.2, 0.25) is 0 Å². The van der Waals surface area contributed by atoms with Gasteiger partial charge in [0.15, 0.2) is 0 Å². The van der Waals surface area contributed by atoms with Crippen molar-refractivity contribution in [2.75, 3.05) is 31.8 Å². The van der Waals surface area contributed by atoms with Crippen molar-refractivity contribution in [1.29, 1.82) is 0 Å². The number of rotatable bonds is 12. The Morgan fingerprint density at radius 1 is 0.897 bits per heavy atom. The average molecular weight is 788 g/mol. The lowest BCUT2D eigenvalue weighted by Gasteiger charge is -2.46. The highest BCUT2D eigenvalue weighted by molar-refractivity contribution is 6.24. The number of methoxy groups -OCH3 is 1. The quantitative estimate of drug-likeness (QED) is 0.108. The molecule has 4 aromatic rings. The van der Waals surface area contributed by atoms with Gasteiger partial charge in [0.25, 0.3) is 0 Å². The number of anilines is 1. The summed E-state index contributed by atoms with van der Waals surface area (Å²) in [6.07, 6.45) is 0.450. The first-order valence-corrected chi connectivity index (χ1v) is 19.1. The van der Waals surface area contributed by atoms with Gasteiger partial charge in [0.1, 0.15) is 48.5 Å². The van der Waals surface area contributed by atoms with Crippen LogP contribution in [0.15, 0.2) is 122 Å². The number of urea groups is 1. The standard InChI is InChI=1S/C45H45N3O10/c1-5-25-57-40(50)34-37-42(52)58-38(29-18-10-7-11-19-29)36(28-16-8-6-9-17-28)48(37)39(30-20-12-15-23-33(30)56-26-24-49)45(34)31-21-13-14-22-32(31)47(43(45)53)44(54)46-35(27(2)3)41(51)55-4/h5-23,27,34-39,49H,1,24-26H2,2-4H3,(H,46,54). The van der Waals surface area contributed by atoms with Crippen LogP contribution in [0, 0.1) is 11.8 Å². The van der Waals surface area contributed by atoms with Gasteiger partial charge in [-0.15, -0.1) is 0 Å². The summed E-state index contributed by atoms with van der Waals surface area (Å²) in [5.41, 5.74) is 0.131. The summed E-state index contributed by atoms with van der Waals surface area (Å²) in [4.78, 5) is 76.2. The maximum Gasteiger partial charge on any atom is 0.329 e. The number of para-hydroxylation sites is 2.